The molecule has 230 valence electrons. The molecule has 0 unspecified atom stereocenters. The molecule has 8 heteroatoms. The summed E-state index contributed by atoms with van der Waals surface area (Å²) in [4.78, 5) is 31.6. The Labute approximate surface area is 254 Å². The first kappa shape index (κ1) is 31.1. The van der Waals surface area contributed by atoms with Gasteiger partial charge in [0.05, 0.1) is 31.2 Å². The van der Waals surface area contributed by atoms with Gasteiger partial charge in [0.2, 0.25) is 11.8 Å². The van der Waals surface area contributed by atoms with Gasteiger partial charge in [-0.15, -0.1) is 0 Å². The molecule has 1 aliphatic carbocycles. The SMILES string of the molecule is COCC1=C([C@H](O)CC/C(C)=C/c2cccc(O)c2)[C@H](CO)[C@@H]2C(=O)N(C3CCN(Cc4ccccc4)CC3)C(=O)[C@@H]2C1. The van der Waals surface area contributed by atoms with Gasteiger partial charge in [-0.1, -0.05) is 54.1 Å². The van der Waals surface area contributed by atoms with Crippen LogP contribution in [0.2, 0.25) is 0 Å². The Hall–Kier alpha value is -3.30. The van der Waals surface area contributed by atoms with E-state index < -0.39 is 23.9 Å². The number of likely N-dealkylation sites (tertiary alicyclic amines) is 2. The number of aliphatic hydroxyl groups excluding tert-OH is 2. The topological polar surface area (TPSA) is 111 Å². The molecule has 0 aromatic heterocycles. The second-order valence-electron chi connectivity index (χ2n) is 12.3. The average Bonchev–Trinajstić information content (AvgIpc) is 3.25. The number of hydrogen-bond donors (Lipinski definition) is 3. The first-order valence-corrected chi connectivity index (χ1v) is 15.4. The highest BCUT2D eigenvalue weighted by molar-refractivity contribution is 6.06. The van der Waals surface area contributed by atoms with Crippen LogP contribution in [-0.2, 0) is 20.9 Å². The van der Waals surface area contributed by atoms with Crippen molar-refractivity contribution in [2.24, 2.45) is 17.8 Å². The van der Waals surface area contributed by atoms with Crippen molar-refractivity contribution in [3.8, 4) is 5.75 Å². The number of carbonyl (C=O) groups excluding carboxylic acids is 2. The van der Waals surface area contributed by atoms with E-state index >= 15 is 0 Å². The Kier molecular flexibility index (Phi) is 10.1. The summed E-state index contributed by atoms with van der Waals surface area (Å²) in [6, 6.07) is 17.2. The molecular weight excluding hydrogens is 544 g/mol. The highest BCUT2D eigenvalue weighted by Crippen LogP contribution is 2.47. The minimum Gasteiger partial charge on any atom is -0.508 e. The minimum atomic E-state index is -0.881. The number of amides is 2. The molecule has 3 N–H and O–H groups in total. The van der Waals surface area contributed by atoms with Crippen LogP contribution in [0.5, 0.6) is 5.75 Å². The second-order valence-corrected chi connectivity index (χ2v) is 12.3. The number of phenols is 1. The summed E-state index contributed by atoms with van der Waals surface area (Å²) in [5.74, 6) is -2.01. The molecule has 4 atom stereocenters. The lowest BCUT2D eigenvalue weighted by molar-refractivity contribution is -0.144. The standard InChI is InChI=1S/C35H44N2O6/c1-23(17-25-9-6-10-28(39)18-25)11-12-31(40)32-26(22-43-2)19-29-33(30(32)21-38)35(42)37(34(29)41)27-13-15-36(16-14-27)20-24-7-4-3-5-8-24/h3-10,17-18,27,29-31,33,38-40H,11-16,19-22H2,1-2H3/b23-17+/t29-,30+,31-,33-/m1/s1. The predicted octanol–water partition coefficient (Wildman–Crippen LogP) is 4.16. The van der Waals surface area contributed by atoms with Gasteiger partial charge in [0.25, 0.3) is 0 Å². The third-order valence-corrected chi connectivity index (χ3v) is 9.36. The van der Waals surface area contributed by atoms with Gasteiger partial charge in [0.15, 0.2) is 0 Å². The maximum Gasteiger partial charge on any atom is 0.234 e. The van der Waals surface area contributed by atoms with Crippen molar-refractivity contribution in [1.29, 1.82) is 0 Å². The third-order valence-electron chi connectivity index (χ3n) is 9.36. The largest absolute Gasteiger partial charge is 0.508 e. The Balaban J connectivity index is 1.28. The molecule has 0 radical (unpaired) electrons. The monoisotopic (exact) mass is 588 g/mol. The van der Waals surface area contributed by atoms with E-state index in [2.05, 4.69) is 17.0 Å². The number of aromatic hydroxyl groups is 1. The molecule has 2 aliphatic heterocycles. The maximum absolute atomic E-state index is 13.9. The van der Waals surface area contributed by atoms with E-state index in [1.165, 1.54) is 10.5 Å². The van der Waals surface area contributed by atoms with Crippen LogP contribution in [0, 0.1) is 17.8 Å². The Bertz CT molecular complexity index is 1350. The van der Waals surface area contributed by atoms with E-state index in [1.54, 1.807) is 25.3 Å². The number of allylic oxidation sites excluding steroid dienone is 1. The Morgan fingerprint density at radius 3 is 2.49 bits per heavy atom. The van der Waals surface area contributed by atoms with Crippen LogP contribution in [0.4, 0.5) is 0 Å². The number of benzene rings is 2. The van der Waals surface area contributed by atoms with E-state index in [4.69, 9.17) is 4.74 Å². The molecule has 8 nitrogen and oxygen atoms in total. The molecule has 5 rings (SSSR count). The van der Waals surface area contributed by atoms with Gasteiger partial charge < -0.3 is 20.1 Å². The van der Waals surface area contributed by atoms with Crippen LogP contribution in [0.15, 0.2) is 71.3 Å². The van der Waals surface area contributed by atoms with Crippen LogP contribution in [-0.4, -0.2) is 82.5 Å². The fourth-order valence-corrected chi connectivity index (χ4v) is 7.32. The highest BCUT2D eigenvalue weighted by Gasteiger charge is 2.56. The average molecular weight is 589 g/mol. The van der Waals surface area contributed by atoms with Crippen LogP contribution in [0.1, 0.15) is 50.2 Å². The van der Waals surface area contributed by atoms with Crippen LogP contribution < -0.4 is 0 Å². The molecule has 2 aromatic rings. The molecule has 0 bridgehead atoms. The molecule has 0 saturated carbocycles. The predicted molar refractivity (Wildman–Crippen MR) is 165 cm³/mol. The number of rotatable bonds is 11. The zero-order valence-electron chi connectivity index (χ0n) is 25.2. The van der Waals surface area contributed by atoms with Gasteiger partial charge in [0, 0.05) is 38.7 Å². The molecule has 3 aliphatic rings. The number of carbonyl (C=O) groups is 2. The van der Waals surface area contributed by atoms with Gasteiger partial charge in [0.1, 0.15) is 5.75 Å². The van der Waals surface area contributed by atoms with Crippen molar-refractivity contribution in [2.75, 3.05) is 33.4 Å². The Morgan fingerprint density at radius 1 is 1.07 bits per heavy atom. The molecule has 0 spiro atoms. The van der Waals surface area contributed by atoms with Crippen LogP contribution in [0.3, 0.4) is 0 Å². The normalized spacial score (nSPS) is 24.5. The van der Waals surface area contributed by atoms with Gasteiger partial charge >= 0.3 is 0 Å². The van der Waals surface area contributed by atoms with Crippen molar-refractivity contribution < 1.29 is 29.6 Å². The van der Waals surface area contributed by atoms with Gasteiger partial charge in [-0.25, -0.2) is 0 Å². The summed E-state index contributed by atoms with van der Waals surface area (Å²) in [7, 11) is 1.58. The number of phenolic OH excluding ortho intramolecular Hbond substituents is 1. The number of imide groups is 1. The lowest BCUT2D eigenvalue weighted by Gasteiger charge is -2.37. The van der Waals surface area contributed by atoms with E-state index in [1.807, 2.05) is 37.3 Å². The number of fused-ring (bicyclic) bond motifs is 1. The summed E-state index contributed by atoms with van der Waals surface area (Å²) in [6.07, 6.45) is 3.90. The molecule has 2 aromatic carbocycles. The van der Waals surface area contributed by atoms with E-state index in [0.717, 1.165) is 49.2 Å². The highest BCUT2D eigenvalue weighted by atomic mass is 16.5. The first-order valence-electron chi connectivity index (χ1n) is 15.4. The van der Waals surface area contributed by atoms with Gasteiger partial charge in [-0.2, -0.15) is 0 Å². The number of piperidine rings is 1. The van der Waals surface area contributed by atoms with Gasteiger partial charge in [-0.05, 0) is 73.4 Å². The Morgan fingerprint density at radius 2 is 1.81 bits per heavy atom. The molecule has 2 fully saturated rings. The number of ether oxygens (including phenoxy) is 1. The maximum atomic E-state index is 13.9. The third kappa shape index (κ3) is 6.93. The first-order chi connectivity index (χ1) is 20.8. The van der Waals surface area contributed by atoms with Crippen LogP contribution in [0.25, 0.3) is 6.08 Å². The minimum absolute atomic E-state index is 0.151. The molecular formula is C35H44N2O6. The van der Waals surface area contributed by atoms with Crippen molar-refractivity contribution in [3.05, 3.63) is 82.4 Å². The smallest absolute Gasteiger partial charge is 0.234 e. The molecule has 2 saturated heterocycles. The quantitative estimate of drug-likeness (QED) is 0.267. The summed E-state index contributed by atoms with van der Waals surface area (Å²) >= 11 is 0. The van der Waals surface area contributed by atoms with Crippen molar-refractivity contribution in [3.63, 3.8) is 0 Å². The summed E-state index contributed by atoms with van der Waals surface area (Å²) in [5.41, 5.74) is 4.62. The van der Waals surface area contributed by atoms with E-state index in [9.17, 15) is 24.9 Å². The van der Waals surface area contributed by atoms with E-state index in [-0.39, 0.29) is 36.8 Å². The molecule has 2 heterocycles. The number of hydrogen-bond acceptors (Lipinski definition) is 7. The summed E-state index contributed by atoms with van der Waals surface area (Å²) < 4.78 is 5.48. The fraction of sp³-hybridized carbons (Fsp3) is 0.486. The lowest BCUT2D eigenvalue weighted by atomic mass is 9.68. The van der Waals surface area contributed by atoms with Crippen molar-refractivity contribution in [1.82, 2.24) is 9.80 Å². The molecule has 2 amide bonds. The number of nitrogens with zero attached hydrogens (tertiary/aromatic N) is 2. The summed E-state index contributed by atoms with van der Waals surface area (Å²) in [6.45, 7) is 4.36. The van der Waals surface area contributed by atoms with Gasteiger partial charge in [-0.3, -0.25) is 19.4 Å². The van der Waals surface area contributed by atoms with E-state index in [0.29, 0.717) is 24.8 Å². The zero-order chi connectivity index (χ0) is 30.5. The van der Waals surface area contributed by atoms with Crippen molar-refractivity contribution >= 4 is 17.9 Å². The lowest BCUT2D eigenvalue weighted by Crippen LogP contribution is -2.47. The second kappa shape index (κ2) is 14.0. The summed E-state index contributed by atoms with van der Waals surface area (Å²) in [5, 5.41) is 31.8. The number of methoxy groups -OCH3 is 1. The molecule has 43 heavy (non-hydrogen) atoms. The zero-order valence-corrected chi connectivity index (χ0v) is 25.2. The fourth-order valence-electron chi connectivity index (χ4n) is 7.32. The van der Waals surface area contributed by atoms with Crippen LogP contribution >= 0.6 is 0 Å². The van der Waals surface area contributed by atoms with Crippen molar-refractivity contribution in [2.45, 2.75) is 57.7 Å². The number of aliphatic hydroxyl groups is 2.